The Hall–Kier alpha value is -2.24. The van der Waals surface area contributed by atoms with Crippen LogP contribution in [0.1, 0.15) is 12.5 Å². The lowest BCUT2D eigenvalue weighted by atomic mass is 10.1. The van der Waals surface area contributed by atoms with Crippen molar-refractivity contribution in [2.45, 2.75) is 19.4 Å². The molecule has 0 heterocycles. The minimum atomic E-state index is -0.971. The monoisotopic (exact) mass is 279 g/mol. The molecular formula is C13H17N3O4. The van der Waals surface area contributed by atoms with E-state index in [0.717, 1.165) is 5.56 Å². The molecule has 0 saturated heterocycles. The van der Waals surface area contributed by atoms with E-state index < -0.39 is 12.1 Å². The minimum absolute atomic E-state index is 0.268. The van der Waals surface area contributed by atoms with E-state index in [1.165, 1.54) is 0 Å². The molecule has 20 heavy (non-hydrogen) atoms. The Morgan fingerprint density at radius 1 is 1.45 bits per heavy atom. The summed E-state index contributed by atoms with van der Waals surface area (Å²) in [5.41, 5.74) is 8.97. The average molecular weight is 279 g/mol. The van der Waals surface area contributed by atoms with Crippen molar-refractivity contribution in [3.8, 4) is 5.75 Å². The number of nitrogens with zero attached hydrogens (tertiary/aromatic N) is 3. The standard InChI is InChI=1S/C13H17N3O4/c1-2-19-12(13(17)18)9-10-3-5-11(6-4-10)20-8-7-15-16-14/h3-6,12H,2,7-9H2,1H3,(H,17,18). The van der Waals surface area contributed by atoms with Gasteiger partial charge in [0.25, 0.3) is 0 Å². The van der Waals surface area contributed by atoms with Crippen LogP contribution < -0.4 is 4.74 Å². The Kier molecular flexibility index (Phi) is 6.95. The van der Waals surface area contributed by atoms with E-state index in [9.17, 15) is 4.79 Å². The van der Waals surface area contributed by atoms with Crippen LogP contribution in [-0.4, -0.2) is 36.9 Å². The minimum Gasteiger partial charge on any atom is -0.493 e. The molecular weight excluding hydrogens is 262 g/mol. The maximum Gasteiger partial charge on any atom is 0.333 e. The van der Waals surface area contributed by atoms with Gasteiger partial charge >= 0.3 is 5.97 Å². The highest BCUT2D eigenvalue weighted by Gasteiger charge is 2.17. The Balaban J connectivity index is 2.52. The molecule has 0 aliphatic carbocycles. The molecule has 1 aromatic carbocycles. The van der Waals surface area contributed by atoms with Crippen molar-refractivity contribution in [1.82, 2.24) is 0 Å². The lowest BCUT2D eigenvalue weighted by Crippen LogP contribution is -2.26. The first-order valence-electron chi connectivity index (χ1n) is 6.24. The summed E-state index contributed by atoms with van der Waals surface area (Å²) in [4.78, 5) is 13.6. The van der Waals surface area contributed by atoms with E-state index in [1.54, 1.807) is 31.2 Å². The topological polar surface area (TPSA) is 105 Å². The molecule has 1 aromatic rings. The van der Waals surface area contributed by atoms with Gasteiger partial charge in [-0.3, -0.25) is 0 Å². The van der Waals surface area contributed by atoms with Gasteiger partial charge in [-0.1, -0.05) is 17.2 Å². The first-order valence-corrected chi connectivity index (χ1v) is 6.24. The number of hydrogen-bond donors (Lipinski definition) is 1. The Morgan fingerprint density at radius 2 is 2.15 bits per heavy atom. The molecule has 1 rings (SSSR count). The first kappa shape index (κ1) is 15.8. The van der Waals surface area contributed by atoms with Gasteiger partial charge in [0.2, 0.25) is 0 Å². The quantitative estimate of drug-likeness (QED) is 0.324. The van der Waals surface area contributed by atoms with Crippen LogP contribution in [0.25, 0.3) is 10.4 Å². The number of carbonyl (C=O) groups is 1. The molecule has 0 fully saturated rings. The fraction of sp³-hybridized carbons (Fsp3) is 0.462. The number of benzene rings is 1. The molecule has 1 atom stereocenters. The van der Waals surface area contributed by atoms with Crippen LogP contribution in [0.2, 0.25) is 0 Å². The molecule has 7 heteroatoms. The highest BCUT2D eigenvalue weighted by Crippen LogP contribution is 2.14. The van der Waals surface area contributed by atoms with Gasteiger partial charge in [0.1, 0.15) is 5.75 Å². The zero-order valence-corrected chi connectivity index (χ0v) is 11.2. The molecule has 108 valence electrons. The van der Waals surface area contributed by atoms with Crippen LogP contribution in [-0.2, 0) is 16.0 Å². The zero-order chi connectivity index (χ0) is 14.8. The van der Waals surface area contributed by atoms with Gasteiger partial charge in [0, 0.05) is 17.9 Å². The summed E-state index contributed by atoms with van der Waals surface area (Å²) in [6, 6.07) is 7.07. The lowest BCUT2D eigenvalue weighted by molar-refractivity contribution is -0.149. The summed E-state index contributed by atoms with van der Waals surface area (Å²) >= 11 is 0. The summed E-state index contributed by atoms with van der Waals surface area (Å²) in [7, 11) is 0. The normalized spacial score (nSPS) is 11.4. The molecule has 0 spiro atoms. The second-order valence-electron chi connectivity index (χ2n) is 3.93. The van der Waals surface area contributed by atoms with Gasteiger partial charge in [0.05, 0.1) is 13.2 Å². The van der Waals surface area contributed by atoms with Crippen molar-refractivity contribution in [2.75, 3.05) is 19.8 Å². The summed E-state index contributed by atoms with van der Waals surface area (Å²) in [5.74, 6) is -0.327. The highest BCUT2D eigenvalue weighted by molar-refractivity contribution is 5.72. The second kappa shape index (κ2) is 8.79. The molecule has 0 radical (unpaired) electrons. The molecule has 0 saturated carbocycles. The van der Waals surface area contributed by atoms with Gasteiger partial charge < -0.3 is 14.6 Å². The number of ether oxygens (including phenoxy) is 2. The average Bonchev–Trinajstić information content (AvgIpc) is 2.44. The van der Waals surface area contributed by atoms with Crippen molar-refractivity contribution in [1.29, 1.82) is 0 Å². The van der Waals surface area contributed by atoms with Crippen molar-refractivity contribution in [3.63, 3.8) is 0 Å². The molecule has 1 N–H and O–H groups in total. The largest absolute Gasteiger partial charge is 0.493 e. The molecule has 7 nitrogen and oxygen atoms in total. The number of carboxylic acid groups (broad SMARTS) is 1. The Morgan fingerprint density at radius 3 is 2.70 bits per heavy atom. The smallest absolute Gasteiger partial charge is 0.333 e. The maximum atomic E-state index is 11.0. The third kappa shape index (κ3) is 5.60. The fourth-order valence-corrected chi connectivity index (χ4v) is 1.60. The summed E-state index contributed by atoms with van der Waals surface area (Å²) in [6.07, 6.45) is -0.529. The summed E-state index contributed by atoms with van der Waals surface area (Å²) in [6.45, 7) is 2.69. The van der Waals surface area contributed by atoms with E-state index in [0.29, 0.717) is 25.4 Å². The van der Waals surface area contributed by atoms with Crippen molar-refractivity contribution < 1.29 is 19.4 Å². The van der Waals surface area contributed by atoms with Crippen LogP contribution in [0.4, 0.5) is 0 Å². The molecule has 0 bridgehead atoms. The van der Waals surface area contributed by atoms with Gasteiger partial charge in [-0.25, -0.2) is 4.79 Å². The molecule has 0 aromatic heterocycles. The van der Waals surface area contributed by atoms with E-state index in [2.05, 4.69) is 10.0 Å². The molecule has 1 unspecified atom stereocenters. The van der Waals surface area contributed by atoms with Crippen molar-refractivity contribution in [3.05, 3.63) is 40.3 Å². The van der Waals surface area contributed by atoms with Crippen LogP contribution in [0.5, 0.6) is 5.75 Å². The van der Waals surface area contributed by atoms with E-state index in [4.69, 9.17) is 20.1 Å². The predicted molar refractivity (Wildman–Crippen MR) is 72.7 cm³/mol. The number of aliphatic carboxylic acids is 1. The van der Waals surface area contributed by atoms with Gasteiger partial charge in [-0.05, 0) is 30.2 Å². The second-order valence-corrected chi connectivity index (χ2v) is 3.93. The van der Waals surface area contributed by atoms with E-state index in [-0.39, 0.29) is 6.54 Å². The first-order chi connectivity index (χ1) is 9.67. The van der Waals surface area contributed by atoms with Crippen molar-refractivity contribution in [2.24, 2.45) is 5.11 Å². The third-order valence-electron chi connectivity index (χ3n) is 2.51. The van der Waals surface area contributed by atoms with Crippen molar-refractivity contribution >= 4 is 5.97 Å². The summed E-state index contributed by atoms with van der Waals surface area (Å²) in [5, 5.41) is 12.4. The number of rotatable bonds is 9. The van der Waals surface area contributed by atoms with E-state index in [1.807, 2.05) is 0 Å². The van der Waals surface area contributed by atoms with Crippen LogP contribution in [0, 0.1) is 0 Å². The SMILES string of the molecule is CCOC(Cc1ccc(OCCN=[N+]=[N-])cc1)C(=O)O. The maximum absolute atomic E-state index is 11.0. The zero-order valence-electron chi connectivity index (χ0n) is 11.2. The molecule has 0 amide bonds. The fourth-order valence-electron chi connectivity index (χ4n) is 1.60. The molecule has 0 aliphatic rings. The third-order valence-corrected chi connectivity index (χ3v) is 2.51. The van der Waals surface area contributed by atoms with Gasteiger partial charge in [0.15, 0.2) is 6.10 Å². The number of hydrogen-bond acceptors (Lipinski definition) is 4. The number of carboxylic acids is 1. The van der Waals surface area contributed by atoms with E-state index >= 15 is 0 Å². The highest BCUT2D eigenvalue weighted by atomic mass is 16.5. The Bertz CT molecular complexity index is 469. The van der Waals surface area contributed by atoms with Crippen LogP contribution >= 0.6 is 0 Å². The predicted octanol–water partition coefficient (Wildman–Crippen LogP) is 2.41. The van der Waals surface area contributed by atoms with Crippen LogP contribution in [0.15, 0.2) is 29.4 Å². The Labute approximate surface area is 116 Å². The lowest BCUT2D eigenvalue weighted by Gasteiger charge is -2.12. The summed E-state index contributed by atoms with van der Waals surface area (Å²) < 4.78 is 10.5. The van der Waals surface area contributed by atoms with Gasteiger partial charge in [-0.2, -0.15) is 0 Å². The van der Waals surface area contributed by atoms with Gasteiger partial charge in [-0.15, -0.1) is 0 Å². The molecule has 0 aliphatic heterocycles. The number of azide groups is 1. The van der Waals surface area contributed by atoms with Crippen LogP contribution in [0.3, 0.4) is 0 Å².